The SMILES string of the molecule is CC(C)C[N+](C)(C)CC(C)C.CCC[N+](C)(CCC)CCC.[CH3-].[CH3-]. The normalized spacial score (nSPS) is 11.5. The van der Waals surface area contributed by atoms with Gasteiger partial charge in [-0.05, 0) is 19.3 Å². The van der Waals surface area contributed by atoms with Crippen molar-refractivity contribution in [3.05, 3.63) is 14.9 Å². The number of hydrogen-bond acceptors (Lipinski definition) is 0. The summed E-state index contributed by atoms with van der Waals surface area (Å²) in [4.78, 5) is 0. The van der Waals surface area contributed by atoms with Crippen LogP contribution in [0.1, 0.15) is 67.7 Å². The maximum Gasteiger partial charge on any atom is 0.0805 e. The Morgan fingerprint density at radius 1 is 0.583 bits per heavy atom. The maximum absolute atomic E-state index is 2.39. The summed E-state index contributed by atoms with van der Waals surface area (Å²) in [6.07, 6.45) is 3.95. The van der Waals surface area contributed by atoms with E-state index in [-0.39, 0.29) is 14.9 Å². The Kier molecular flexibility index (Phi) is 21.6. The van der Waals surface area contributed by atoms with Gasteiger partial charge in [0.15, 0.2) is 0 Å². The van der Waals surface area contributed by atoms with Crippen molar-refractivity contribution in [2.24, 2.45) is 11.8 Å². The molecule has 0 aliphatic carbocycles. The van der Waals surface area contributed by atoms with Gasteiger partial charge in [-0.1, -0.05) is 48.5 Å². The predicted molar refractivity (Wildman–Crippen MR) is 116 cm³/mol. The number of quaternary nitrogens is 2. The Labute approximate surface area is 157 Å². The molecule has 0 unspecified atom stereocenters. The van der Waals surface area contributed by atoms with Gasteiger partial charge in [-0.2, -0.15) is 0 Å². The summed E-state index contributed by atoms with van der Waals surface area (Å²) in [7, 11) is 7.02. The molecule has 2 nitrogen and oxygen atoms in total. The second-order valence-corrected chi connectivity index (χ2v) is 8.88. The third kappa shape index (κ3) is 20.0. The summed E-state index contributed by atoms with van der Waals surface area (Å²) < 4.78 is 2.44. The van der Waals surface area contributed by atoms with Crippen molar-refractivity contribution in [3.8, 4) is 0 Å². The molecule has 0 fully saturated rings. The van der Waals surface area contributed by atoms with Crippen LogP contribution in [-0.2, 0) is 0 Å². The van der Waals surface area contributed by atoms with Crippen LogP contribution in [0.4, 0.5) is 0 Å². The molecule has 0 atom stereocenters. The fourth-order valence-corrected chi connectivity index (χ4v) is 4.01. The molecule has 0 amide bonds. The van der Waals surface area contributed by atoms with E-state index in [1.807, 2.05) is 0 Å². The van der Waals surface area contributed by atoms with Gasteiger partial charge >= 0.3 is 0 Å². The lowest BCUT2D eigenvalue weighted by Crippen LogP contribution is -2.45. The van der Waals surface area contributed by atoms with Gasteiger partial charge in [0.05, 0.1) is 53.9 Å². The Bertz CT molecular complexity index is 215. The molecular weight excluding hydrogens is 292 g/mol. The van der Waals surface area contributed by atoms with Crippen molar-refractivity contribution >= 4 is 0 Å². The first kappa shape index (κ1) is 31.7. The molecule has 0 saturated heterocycles. The van der Waals surface area contributed by atoms with Crippen molar-refractivity contribution in [2.75, 3.05) is 53.9 Å². The zero-order valence-corrected chi connectivity index (χ0v) is 19.7. The van der Waals surface area contributed by atoms with E-state index in [1.54, 1.807) is 0 Å². The average Bonchev–Trinajstić information content (AvgIpc) is 2.26. The zero-order valence-electron chi connectivity index (χ0n) is 19.7. The molecule has 0 spiro atoms. The third-order valence-electron chi connectivity index (χ3n) is 4.01. The van der Waals surface area contributed by atoms with Crippen LogP contribution in [0, 0.1) is 26.7 Å². The van der Waals surface area contributed by atoms with Crippen LogP contribution in [-0.4, -0.2) is 62.8 Å². The van der Waals surface area contributed by atoms with Gasteiger partial charge in [-0.15, -0.1) is 0 Å². The van der Waals surface area contributed by atoms with Crippen LogP contribution in [0.2, 0.25) is 0 Å². The minimum Gasteiger partial charge on any atom is -0.358 e. The number of hydrogen-bond donors (Lipinski definition) is 0. The second kappa shape index (κ2) is 16.4. The molecular formula is C22H54N2. The van der Waals surface area contributed by atoms with Gasteiger partial charge in [0.1, 0.15) is 0 Å². The van der Waals surface area contributed by atoms with Gasteiger partial charge in [-0.25, -0.2) is 0 Å². The molecule has 0 aromatic carbocycles. The highest BCUT2D eigenvalue weighted by Crippen LogP contribution is 2.08. The van der Waals surface area contributed by atoms with Crippen LogP contribution >= 0.6 is 0 Å². The maximum atomic E-state index is 2.39. The van der Waals surface area contributed by atoms with Crippen LogP contribution in [0.5, 0.6) is 0 Å². The first-order valence-electron chi connectivity index (χ1n) is 9.67. The first-order chi connectivity index (χ1) is 10.0. The lowest BCUT2D eigenvalue weighted by molar-refractivity contribution is -0.909. The summed E-state index contributed by atoms with van der Waals surface area (Å²) in [6.45, 7) is 22.6. The average molecular weight is 347 g/mol. The van der Waals surface area contributed by atoms with E-state index in [9.17, 15) is 0 Å². The standard InChI is InChI=1S/2C10H24N.2CH3/c1-9(2)7-11(5,6)8-10(3)4;1-5-8-11(4,9-6-2)10-7-3;;/h9-10H,7-8H2,1-6H3;5-10H2,1-4H3;2*1H3/q2*+1;2*-1. The van der Waals surface area contributed by atoms with Crippen LogP contribution in [0.3, 0.4) is 0 Å². The molecule has 0 aromatic rings. The van der Waals surface area contributed by atoms with Crippen molar-refractivity contribution in [2.45, 2.75) is 67.7 Å². The molecule has 0 bridgehead atoms. The predicted octanol–water partition coefficient (Wildman–Crippen LogP) is 5.94. The van der Waals surface area contributed by atoms with Gasteiger partial charge in [-0.3, -0.25) is 0 Å². The van der Waals surface area contributed by atoms with Gasteiger partial charge in [0.2, 0.25) is 0 Å². The molecule has 24 heavy (non-hydrogen) atoms. The van der Waals surface area contributed by atoms with E-state index in [4.69, 9.17) is 0 Å². The summed E-state index contributed by atoms with van der Waals surface area (Å²) in [5.41, 5.74) is 0. The highest BCUT2D eigenvalue weighted by atomic mass is 15.3. The van der Waals surface area contributed by atoms with Crippen molar-refractivity contribution in [1.82, 2.24) is 0 Å². The molecule has 0 rings (SSSR count). The Balaban J connectivity index is -0.000000154. The summed E-state index contributed by atoms with van der Waals surface area (Å²) >= 11 is 0. The van der Waals surface area contributed by atoms with Crippen LogP contribution < -0.4 is 0 Å². The molecule has 0 N–H and O–H groups in total. The van der Waals surface area contributed by atoms with Crippen molar-refractivity contribution < 1.29 is 8.97 Å². The van der Waals surface area contributed by atoms with E-state index in [1.165, 1.54) is 56.5 Å². The molecule has 152 valence electrons. The molecule has 0 aliphatic rings. The highest BCUT2D eigenvalue weighted by Gasteiger charge is 2.18. The molecule has 0 saturated carbocycles. The lowest BCUT2D eigenvalue weighted by atomic mass is 10.1. The summed E-state index contributed by atoms with van der Waals surface area (Å²) in [6, 6.07) is 0. The van der Waals surface area contributed by atoms with E-state index in [2.05, 4.69) is 69.6 Å². The highest BCUT2D eigenvalue weighted by molar-refractivity contribution is 4.45. The van der Waals surface area contributed by atoms with Gasteiger partial charge < -0.3 is 23.8 Å². The molecule has 0 heterocycles. The summed E-state index contributed by atoms with van der Waals surface area (Å²) in [5.74, 6) is 1.62. The minimum atomic E-state index is 0. The van der Waals surface area contributed by atoms with E-state index >= 15 is 0 Å². The van der Waals surface area contributed by atoms with Crippen LogP contribution in [0.15, 0.2) is 0 Å². The lowest BCUT2D eigenvalue weighted by Gasteiger charge is -2.33. The third-order valence-corrected chi connectivity index (χ3v) is 4.01. The molecule has 2 heteroatoms. The largest absolute Gasteiger partial charge is 0.358 e. The molecule has 0 radical (unpaired) electrons. The van der Waals surface area contributed by atoms with Gasteiger partial charge in [0, 0.05) is 11.8 Å². The van der Waals surface area contributed by atoms with Crippen LogP contribution in [0.25, 0.3) is 0 Å². The topological polar surface area (TPSA) is 0 Å². The minimum absolute atomic E-state index is 0. The number of nitrogens with zero attached hydrogens (tertiary/aromatic N) is 2. The first-order valence-corrected chi connectivity index (χ1v) is 9.67. The quantitative estimate of drug-likeness (QED) is 0.339. The van der Waals surface area contributed by atoms with Crippen molar-refractivity contribution in [3.63, 3.8) is 0 Å². The van der Waals surface area contributed by atoms with E-state index < -0.39 is 0 Å². The molecule has 0 aromatic heterocycles. The summed E-state index contributed by atoms with van der Waals surface area (Å²) in [5, 5.41) is 0. The Morgan fingerprint density at radius 2 is 0.833 bits per heavy atom. The zero-order chi connectivity index (χ0) is 17.8. The Morgan fingerprint density at radius 3 is 1.00 bits per heavy atom. The smallest absolute Gasteiger partial charge is 0.0805 e. The fraction of sp³-hybridized carbons (Fsp3) is 0.909. The Hall–Kier alpha value is -0.0800. The van der Waals surface area contributed by atoms with E-state index in [0.717, 1.165) is 16.3 Å². The monoisotopic (exact) mass is 346 g/mol. The number of rotatable bonds is 10. The van der Waals surface area contributed by atoms with Crippen molar-refractivity contribution in [1.29, 1.82) is 0 Å². The second-order valence-electron chi connectivity index (χ2n) is 8.88. The van der Waals surface area contributed by atoms with Gasteiger partial charge in [0.25, 0.3) is 0 Å². The fourth-order valence-electron chi connectivity index (χ4n) is 4.01. The molecule has 0 aliphatic heterocycles. The van der Waals surface area contributed by atoms with E-state index in [0.29, 0.717) is 0 Å².